The lowest BCUT2D eigenvalue weighted by Gasteiger charge is -2.08. The molecule has 0 N–H and O–H groups in total. The van der Waals surface area contributed by atoms with Crippen molar-refractivity contribution >= 4 is 17.3 Å². The van der Waals surface area contributed by atoms with Gasteiger partial charge in [-0.15, -0.1) is 0 Å². The third-order valence-corrected chi connectivity index (χ3v) is 3.16. The number of carbonyl (C=O) groups excluding carboxylic acids is 3. The first-order chi connectivity index (χ1) is 8.50. The fourth-order valence-electron chi connectivity index (χ4n) is 2.14. The fourth-order valence-corrected chi connectivity index (χ4v) is 2.14. The molecule has 0 aromatic rings. The molecule has 3 heteroatoms. The van der Waals surface area contributed by atoms with Crippen LogP contribution in [-0.2, 0) is 14.4 Å². The Morgan fingerprint density at radius 3 is 1.67 bits per heavy atom. The Kier molecular flexibility index (Phi) is 9.43. The monoisotopic (exact) mass is 254 g/mol. The maximum Gasteiger partial charge on any atom is 0.150 e. The molecule has 0 radical (unpaired) electrons. The van der Waals surface area contributed by atoms with Crippen molar-refractivity contribution in [1.29, 1.82) is 0 Å². The van der Waals surface area contributed by atoms with Crippen LogP contribution >= 0.6 is 0 Å². The molecule has 0 aromatic carbocycles. The van der Waals surface area contributed by atoms with Crippen LogP contribution in [-0.4, -0.2) is 17.3 Å². The van der Waals surface area contributed by atoms with Gasteiger partial charge in [0.05, 0.1) is 0 Å². The van der Waals surface area contributed by atoms with Gasteiger partial charge in [-0.2, -0.15) is 0 Å². The summed E-state index contributed by atoms with van der Waals surface area (Å²) in [5.41, 5.74) is 0. The Morgan fingerprint density at radius 1 is 0.778 bits per heavy atom. The third kappa shape index (κ3) is 7.36. The van der Waals surface area contributed by atoms with Gasteiger partial charge in [-0.25, -0.2) is 0 Å². The molecule has 0 unspecified atom stereocenters. The molecule has 0 amide bonds. The maximum atomic E-state index is 11.7. The van der Waals surface area contributed by atoms with E-state index in [2.05, 4.69) is 6.92 Å². The van der Waals surface area contributed by atoms with Crippen LogP contribution in [0.25, 0.3) is 0 Å². The van der Waals surface area contributed by atoms with Crippen molar-refractivity contribution in [2.75, 3.05) is 0 Å². The highest BCUT2D eigenvalue weighted by Crippen LogP contribution is 2.12. The van der Waals surface area contributed by atoms with E-state index in [1.807, 2.05) is 0 Å². The lowest BCUT2D eigenvalue weighted by atomic mass is 9.92. The minimum Gasteiger partial charge on any atom is -0.299 e. The molecule has 0 aliphatic rings. The predicted molar refractivity (Wildman–Crippen MR) is 72.5 cm³/mol. The molecule has 0 fully saturated rings. The normalized spacial score (nSPS) is 10.7. The molecule has 0 saturated heterocycles. The van der Waals surface area contributed by atoms with Crippen LogP contribution in [0, 0.1) is 5.92 Å². The Labute approximate surface area is 110 Å². The van der Waals surface area contributed by atoms with Gasteiger partial charge in [0.2, 0.25) is 0 Å². The van der Waals surface area contributed by atoms with Crippen molar-refractivity contribution in [3.8, 4) is 0 Å². The van der Waals surface area contributed by atoms with Crippen molar-refractivity contribution in [3.63, 3.8) is 0 Å². The molecule has 0 aliphatic heterocycles. The first kappa shape index (κ1) is 17.0. The number of unbranched alkanes of at least 4 members (excludes halogenated alkanes) is 6. The lowest BCUT2D eigenvalue weighted by molar-refractivity contribution is -0.138. The van der Waals surface area contributed by atoms with Crippen molar-refractivity contribution in [3.05, 3.63) is 0 Å². The van der Waals surface area contributed by atoms with E-state index in [0.717, 1.165) is 19.3 Å². The second-order valence-corrected chi connectivity index (χ2v) is 4.99. The van der Waals surface area contributed by atoms with E-state index < -0.39 is 5.92 Å². The number of carbonyl (C=O) groups is 3. The molecule has 0 spiro atoms. The fraction of sp³-hybridized carbons (Fsp3) is 0.800. The Morgan fingerprint density at radius 2 is 1.22 bits per heavy atom. The zero-order chi connectivity index (χ0) is 14.0. The van der Waals surface area contributed by atoms with Crippen LogP contribution in [0.5, 0.6) is 0 Å². The lowest BCUT2D eigenvalue weighted by Crippen LogP contribution is -2.28. The summed E-state index contributed by atoms with van der Waals surface area (Å²) in [5.74, 6) is -1.86. The van der Waals surface area contributed by atoms with Gasteiger partial charge in [-0.3, -0.25) is 14.4 Å². The standard InChI is InChI=1S/C15H26O3/c1-4-5-6-7-8-9-10-11-14(18)15(12(2)16)13(3)17/h15H,4-11H2,1-3H3. The molecule has 0 saturated carbocycles. The van der Waals surface area contributed by atoms with Crippen molar-refractivity contribution in [2.45, 2.75) is 72.1 Å². The van der Waals surface area contributed by atoms with E-state index in [4.69, 9.17) is 0 Å². The van der Waals surface area contributed by atoms with Crippen LogP contribution < -0.4 is 0 Å². The first-order valence-electron chi connectivity index (χ1n) is 7.04. The third-order valence-electron chi connectivity index (χ3n) is 3.16. The minimum absolute atomic E-state index is 0.205. The maximum absolute atomic E-state index is 11.7. The zero-order valence-electron chi connectivity index (χ0n) is 12.0. The molecule has 0 heterocycles. The van der Waals surface area contributed by atoms with Gasteiger partial charge in [-0.1, -0.05) is 45.4 Å². The van der Waals surface area contributed by atoms with Gasteiger partial charge in [0.25, 0.3) is 0 Å². The van der Waals surface area contributed by atoms with Crippen LogP contribution in [0.15, 0.2) is 0 Å². The summed E-state index contributed by atoms with van der Waals surface area (Å²) in [6, 6.07) is 0. The summed E-state index contributed by atoms with van der Waals surface area (Å²) in [4.78, 5) is 34.1. The Bertz CT molecular complexity index is 267. The highest BCUT2D eigenvalue weighted by molar-refractivity contribution is 6.18. The summed E-state index contributed by atoms with van der Waals surface area (Å²) in [6.45, 7) is 4.81. The number of hydrogen-bond donors (Lipinski definition) is 0. The highest BCUT2D eigenvalue weighted by atomic mass is 16.2. The average molecular weight is 254 g/mol. The largest absolute Gasteiger partial charge is 0.299 e. The molecular formula is C15H26O3. The molecule has 3 nitrogen and oxygen atoms in total. The van der Waals surface area contributed by atoms with Crippen LogP contribution in [0.2, 0.25) is 0 Å². The summed E-state index contributed by atoms with van der Waals surface area (Å²) < 4.78 is 0. The van der Waals surface area contributed by atoms with Crippen LogP contribution in [0.3, 0.4) is 0 Å². The van der Waals surface area contributed by atoms with Gasteiger partial charge >= 0.3 is 0 Å². The highest BCUT2D eigenvalue weighted by Gasteiger charge is 2.26. The van der Waals surface area contributed by atoms with Crippen molar-refractivity contribution in [2.24, 2.45) is 5.92 Å². The number of ketones is 3. The number of hydrogen-bond acceptors (Lipinski definition) is 3. The number of Topliss-reactive ketones (excluding diaryl/α,β-unsaturated/α-hetero) is 3. The average Bonchev–Trinajstić information content (AvgIpc) is 2.26. The second kappa shape index (κ2) is 9.98. The number of rotatable bonds is 11. The van der Waals surface area contributed by atoms with Crippen molar-refractivity contribution < 1.29 is 14.4 Å². The van der Waals surface area contributed by atoms with E-state index in [9.17, 15) is 14.4 Å². The van der Waals surface area contributed by atoms with E-state index in [1.54, 1.807) is 0 Å². The van der Waals surface area contributed by atoms with Gasteiger partial charge in [0, 0.05) is 6.42 Å². The summed E-state index contributed by atoms with van der Waals surface area (Å²) in [6.07, 6.45) is 8.28. The van der Waals surface area contributed by atoms with Gasteiger partial charge in [0.15, 0.2) is 5.78 Å². The van der Waals surface area contributed by atoms with Gasteiger partial charge in [0.1, 0.15) is 17.5 Å². The van der Waals surface area contributed by atoms with Gasteiger partial charge in [-0.05, 0) is 20.3 Å². The molecule has 0 aromatic heterocycles. The van der Waals surface area contributed by atoms with E-state index in [-0.39, 0.29) is 17.3 Å². The predicted octanol–water partition coefficient (Wildman–Crippen LogP) is 3.49. The zero-order valence-corrected chi connectivity index (χ0v) is 12.0. The van der Waals surface area contributed by atoms with Crippen LogP contribution in [0.1, 0.15) is 72.1 Å². The topological polar surface area (TPSA) is 51.2 Å². The summed E-state index contributed by atoms with van der Waals surface area (Å²) in [7, 11) is 0. The summed E-state index contributed by atoms with van der Waals surface area (Å²) in [5, 5.41) is 0. The molecule has 0 atom stereocenters. The molecule has 0 aliphatic carbocycles. The van der Waals surface area contributed by atoms with Crippen LogP contribution in [0.4, 0.5) is 0 Å². The molecular weight excluding hydrogens is 228 g/mol. The molecule has 104 valence electrons. The molecule has 18 heavy (non-hydrogen) atoms. The Balaban J connectivity index is 3.75. The van der Waals surface area contributed by atoms with E-state index >= 15 is 0 Å². The summed E-state index contributed by atoms with van der Waals surface area (Å²) >= 11 is 0. The first-order valence-corrected chi connectivity index (χ1v) is 7.04. The SMILES string of the molecule is CCCCCCCCCC(=O)C(C(C)=O)C(C)=O. The Hall–Kier alpha value is -0.990. The smallest absolute Gasteiger partial charge is 0.150 e. The molecule has 0 bridgehead atoms. The van der Waals surface area contributed by atoms with Crippen molar-refractivity contribution in [1.82, 2.24) is 0 Å². The second-order valence-electron chi connectivity index (χ2n) is 4.99. The van der Waals surface area contributed by atoms with Gasteiger partial charge < -0.3 is 0 Å². The van der Waals surface area contributed by atoms with E-state index in [1.165, 1.54) is 39.5 Å². The molecule has 0 rings (SSSR count). The van der Waals surface area contributed by atoms with E-state index in [0.29, 0.717) is 6.42 Å². The minimum atomic E-state index is -1.01. The quantitative estimate of drug-likeness (QED) is 0.419.